The van der Waals surface area contributed by atoms with Gasteiger partial charge in [-0.3, -0.25) is 4.79 Å². The van der Waals surface area contributed by atoms with Crippen molar-refractivity contribution in [1.29, 1.82) is 0 Å². The van der Waals surface area contributed by atoms with Gasteiger partial charge in [-0.25, -0.2) is 0 Å². The fraction of sp³-hybridized carbons (Fsp3) is 0.842. The lowest BCUT2D eigenvalue weighted by Crippen LogP contribution is -2.50. The van der Waals surface area contributed by atoms with Crippen molar-refractivity contribution in [3.63, 3.8) is 0 Å². The van der Waals surface area contributed by atoms with Gasteiger partial charge in [-0.15, -0.1) is 0 Å². The van der Waals surface area contributed by atoms with Crippen LogP contribution in [0.3, 0.4) is 0 Å². The Kier molecular flexibility index (Phi) is 2.96. The molecule has 0 aromatic rings. The highest BCUT2D eigenvalue weighted by Gasteiger charge is 2.58. The number of ketones is 1. The number of carbonyl (C=O) groups is 1. The molecule has 6 atom stereocenters. The molecule has 2 heteroatoms. The van der Waals surface area contributed by atoms with Crippen molar-refractivity contribution in [2.75, 3.05) is 0 Å². The lowest BCUT2D eigenvalue weighted by Gasteiger charge is -2.56. The monoisotopic (exact) mass is 288 g/mol. The SMILES string of the molecule is C[C@]12CC[C@@H](O)CC1=CCC1C2CC[C@]2(C)C(=O)CCC12. The van der Waals surface area contributed by atoms with E-state index in [1.807, 2.05) is 0 Å². The summed E-state index contributed by atoms with van der Waals surface area (Å²) in [6.45, 7) is 4.69. The third-order valence-corrected chi connectivity index (χ3v) is 7.79. The molecule has 0 aromatic heterocycles. The normalized spacial score (nSPS) is 52.7. The third kappa shape index (κ3) is 1.78. The zero-order chi connectivity index (χ0) is 14.8. The van der Waals surface area contributed by atoms with Crippen LogP contribution in [-0.4, -0.2) is 17.0 Å². The topological polar surface area (TPSA) is 37.3 Å². The minimum absolute atomic E-state index is 0.0168. The molecule has 0 aliphatic heterocycles. The van der Waals surface area contributed by atoms with Gasteiger partial charge in [-0.2, -0.15) is 0 Å². The number of fused-ring (bicyclic) bond motifs is 5. The molecule has 4 rings (SSSR count). The molecule has 3 fully saturated rings. The average Bonchev–Trinajstić information content (AvgIpc) is 2.76. The Labute approximate surface area is 128 Å². The van der Waals surface area contributed by atoms with E-state index in [1.165, 1.54) is 12.0 Å². The fourth-order valence-electron chi connectivity index (χ4n) is 6.41. The molecule has 0 saturated heterocycles. The maximum Gasteiger partial charge on any atom is 0.139 e. The molecule has 116 valence electrons. The maximum absolute atomic E-state index is 12.4. The van der Waals surface area contributed by atoms with Crippen LogP contribution in [0.15, 0.2) is 11.6 Å². The minimum Gasteiger partial charge on any atom is -0.393 e. The van der Waals surface area contributed by atoms with Crippen molar-refractivity contribution in [2.45, 2.75) is 71.3 Å². The van der Waals surface area contributed by atoms with Crippen LogP contribution in [0.1, 0.15) is 65.2 Å². The third-order valence-electron chi connectivity index (χ3n) is 7.79. The second kappa shape index (κ2) is 4.44. The van der Waals surface area contributed by atoms with Gasteiger partial charge in [0.15, 0.2) is 0 Å². The van der Waals surface area contributed by atoms with E-state index in [-0.39, 0.29) is 11.5 Å². The molecule has 0 spiro atoms. The molecule has 21 heavy (non-hydrogen) atoms. The summed E-state index contributed by atoms with van der Waals surface area (Å²) in [7, 11) is 0. The second-order valence-corrected chi connectivity index (χ2v) is 8.57. The van der Waals surface area contributed by atoms with Gasteiger partial charge < -0.3 is 5.11 Å². The van der Waals surface area contributed by atoms with E-state index in [4.69, 9.17) is 0 Å². The molecule has 0 aromatic carbocycles. The van der Waals surface area contributed by atoms with E-state index >= 15 is 0 Å². The number of hydrogen-bond donors (Lipinski definition) is 1. The molecule has 4 aliphatic rings. The van der Waals surface area contributed by atoms with Gasteiger partial charge in [0.25, 0.3) is 0 Å². The Bertz CT molecular complexity index is 508. The van der Waals surface area contributed by atoms with Crippen LogP contribution < -0.4 is 0 Å². The average molecular weight is 288 g/mol. The fourth-order valence-corrected chi connectivity index (χ4v) is 6.41. The van der Waals surface area contributed by atoms with Crippen LogP contribution in [0, 0.1) is 28.6 Å². The van der Waals surface area contributed by atoms with Gasteiger partial charge in [-0.05, 0) is 68.1 Å². The Morgan fingerprint density at radius 1 is 1.10 bits per heavy atom. The molecule has 2 nitrogen and oxygen atoms in total. The predicted molar refractivity (Wildman–Crippen MR) is 82.7 cm³/mol. The standard InChI is InChI=1S/C19H28O2/c1-18-9-7-13(20)11-12(18)3-4-14-15-5-6-17(21)19(15,2)10-8-16(14)18/h3,13-16,20H,4-11H2,1-2H3/t13-,14?,15?,16?,18+,19+/m1/s1. The summed E-state index contributed by atoms with van der Waals surface area (Å²) in [6.07, 6.45) is 10.7. The first kappa shape index (κ1) is 14.0. The molecular weight excluding hydrogens is 260 g/mol. The van der Waals surface area contributed by atoms with Crippen LogP contribution in [0.2, 0.25) is 0 Å². The van der Waals surface area contributed by atoms with Crippen molar-refractivity contribution in [1.82, 2.24) is 0 Å². The number of aliphatic hydroxyl groups excluding tert-OH is 1. The van der Waals surface area contributed by atoms with Gasteiger partial charge in [0.1, 0.15) is 5.78 Å². The highest BCUT2D eigenvalue weighted by Crippen LogP contribution is 2.63. The largest absolute Gasteiger partial charge is 0.393 e. The number of carbonyl (C=O) groups excluding carboxylic acids is 1. The van der Waals surface area contributed by atoms with Crippen LogP contribution >= 0.6 is 0 Å². The van der Waals surface area contributed by atoms with Gasteiger partial charge in [-0.1, -0.05) is 25.5 Å². The van der Waals surface area contributed by atoms with E-state index in [9.17, 15) is 9.90 Å². The first-order valence-electron chi connectivity index (χ1n) is 8.86. The number of hydrogen-bond acceptors (Lipinski definition) is 2. The lowest BCUT2D eigenvalue weighted by molar-refractivity contribution is -0.132. The smallest absolute Gasteiger partial charge is 0.139 e. The number of aliphatic hydroxyl groups is 1. The first-order valence-corrected chi connectivity index (χ1v) is 8.86. The van der Waals surface area contributed by atoms with Crippen molar-refractivity contribution in [2.24, 2.45) is 28.6 Å². The van der Waals surface area contributed by atoms with E-state index < -0.39 is 0 Å². The molecular formula is C19H28O2. The summed E-state index contributed by atoms with van der Waals surface area (Å²) in [4.78, 5) is 12.4. The molecule has 3 saturated carbocycles. The minimum atomic E-state index is -0.122. The number of rotatable bonds is 0. The molecule has 0 heterocycles. The maximum atomic E-state index is 12.4. The van der Waals surface area contributed by atoms with Crippen molar-refractivity contribution in [3.8, 4) is 0 Å². The highest BCUT2D eigenvalue weighted by molar-refractivity contribution is 5.87. The van der Waals surface area contributed by atoms with Crippen LogP contribution in [0.25, 0.3) is 0 Å². The number of allylic oxidation sites excluding steroid dienone is 1. The number of Topliss-reactive ketones (excluding diaryl/α,β-unsaturated/α-hetero) is 1. The molecule has 4 aliphatic carbocycles. The molecule has 3 unspecified atom stereocenters. The summed E-state index contributed by atoms with van der Waals surface area (Å²) in [5, 5.41) is 10.00. The van der Waals surface area contributed by atoms with Gasteiger partial charge in [0.05, 0.1) is 6.10 Å². The Morgan fingerprint density at radius 3 is 2.62 bits per heavy atom. The molecule has 0 radical (unpaired) electrons. The Balaban J connectivity index is 1.69. The van der Waals surface area contributed by atoms with Crippen LogP contribution in [0.4, 0.5) is 0 Å². The molecule has 0 amide bonds. The van der Waals surface area contributed by atoms with Gasteiger partial charge >= 0.3 is 0 Å². The first-order chi connectivity index (χ1) is 9.95. The van der Waals surface area contributed by atoms with Crippen LogP contribution in [-0.2, 0) is 4.79 Å². The molecule has 0 bridgehead atoms. The highest BCUT2D eigenvalue weighted by atomic mass is 16.3. The summed E-state index contributed by atoms with van der Waals surface area (Å²) in [5.41, 5.74) is 1.81. The molecule has 1 N–H and O–H groups in total. The second-order valence-electron chi connectivity index (χ2n) is 8.57. The van der Waals surface area contributed by atoms with Crippen molar-refractivity contribution in [3.05, 3.63) is 11.6 Å². The van der Waals surface area contributed by atoms with E-state index in [2.05, 4.69) is 19.9 Å². The van der Waals surface area contributed by atoms with Gasteiger partial charge in [0.2, 0.25) is 0 Å². The van der Waals surface area contributed by atoms with Gasteiger partial charge in [0, 0.05) is 11.8 Å². The van der Waals surface area contributed by atoms with E-state index in [1.54, 1.807) is 0 Å². The van der Waals surface area contributed by atoms with Crippen LogP contribution in [0.5, 0.6) is 0 Å². The summed E-state index contributed by atoms with van der Waals surface area (Å²) >= 11 is 0. The quantitative estimate of drug-likeness (QED) is 0.687. The zero-order valence-corrected chi connectivity index (χ0v) is 13.4. The summed E-state index contributed by atoms with van der Waals surface area (Å²) in [6, 6.07) is 0. The van der Waals surface area contributed by atoms with Crippen molar-refractivity contribution >= 4 is 5.78 Å². The summed E-state index contributed by atoms with van der Waals surface area (Å²) in [5.74, 6) is 2.60. The van der Waals surface area contributed by atoms with E-state index in [0.29, 0.717) is 23.0 Å². The lowest BCUT2D eigenvalue weighted by atomic mass is 9.48. The van der Waals surface area contributed by atoms with E-state index in [0.717, 1.165) is 50.9 Å². The summed E-state index contributed by atoms with van der Waals surface area (Å²) < 4.78 is 0. The zero-order valence-electron chi connectivity index (χ0n) is 13.4. The van der Waals surface area contributed by atoms with Crippen molar-refractivity contribution < 1.29 is 9.90 Å². The Morgan fingerprint density at radius 2 is 1.81 bits per heavy atom. The predicted octanol–water partition coefficient (Wildman–Crippen LogP) is 3.88. The Hall–Kier alpha value is -0.630.